The average Bonchev–Trinajstić information content (AvgIpc) is 3.36. The molecule has 3 aliphatic rings. The number of amides is 1. The first-order valence-corrected chi connectivity index (χ1v) is 13.8. The van der Waals surface area contributed by atoms with Gasteiger partial charge in [-0.1, -0.05) is 19.8 Å². The first kappa shape index (κ1) is 23.3. The van der Waals surface area contributed by atoms with Crippen molar-refractivity contribution in [2.24, 2.45) is 0 Å². The van der Waals surface area contributed by atoms with Crippen LogP contribution in [-0.2, 0) is 38.8 Å². The van der Waals surface area contributed by atoms with Gasteiger partial charge in [-0.2, -0.15) is 4.31 Å². The number of morpholine rings is 1. The molecule has 1 N–H and O–H groups in total. The Labute approximate surface area is 201 Å². The Morgan fingerprint density at radius 2 is 1.91 bits per heavy atom. The fraction of sp³-hybridized carbons (Fsp3) is 0.500. The largest absolute Gasteiger partial charge is 0.461 e. The fourth-order valence-corrected chi connectivity index (χ4v) is 6.57. The summed E-state index contributed by atoms with van der Waals surface area (Å²) >= 11 is 0. The van der Waals surface area contributed by atoms with Gasteiger partial charge in [-0.25, -0.2) is 8.42 Å². The first-order valence-electron chi connectivity index (χ1n) is 12.4. The van der Waals surface area contributed by atoms with Crippen LogP contribution < -0.4 is 5.32 Å². The third kappa shape index (κ3) is 4.34. The van der Waals surface area contributed by atoms with Crippen LogP contribution in [0.1, 0.15) is 67.2 Å². The van der Waals surface area contributed by atoms with Gasteiger partial charge in [0, 0.05) is 36.3 Å². The summed E-state index contributed by atoms with van der Waals surface area (Å²) in [6.07, 6.45) is 10.4. The van der Waals surface area contributed by atoms with Crippen molar-refractivity contribution in [3.63, 3.8) is 0 Å². The number of nitrogens with one attached hydrogen (secondary N) is 1. The number of rotatable bonds is 7. The van der Waals surface area contributed by atoms with Crippen molar-refractivity contribution in [1.82, 2.24) is 4.31 Å². The SMILES string of the molecule is CCCCCc1c(C=C2C(=O)Nc3ccc(S(=O)(=O)N4CCOCC4)cc32)oc2c1CCCC2. The molecule has 1 amide bonds. The molecule has 0 spiro atoms. The number of carbonyl (C=O) groups is 1. The number of nitrogens with zero attached hydrogens (tertiary/aromatic N) is 1. The Kier molecular flexibility index (Phi) is 6.64. The molecule has 5 rings (SSSR count). The van der Waals surface area contributed by atoms with Gasteiger partial charge in [0.05, 0.1) is 23.7 Å². The van der Waals surface area contributed by atoms with Crippen LogP contribution in [0.5, 0.6) is 0 Å². The molecule has 1 aromatic heterocycles. The zero-order valence-corrected chi connectivity index (χ0v) is 20.5. The lowest BCUT2D eigenvalue weighted by Gasteiger charge is -2.26. The van der Waals surface area contributed by atoms with Crippen LogP contribution in [0.3, 0.4) is 0 Å². The second-order valence-corrected chi connectivity index (χ2v) is 11.2. The van der Waals surface area contributed by atoms with E-state index in [1.165, 1.54) is 15.4 Å². The first-order chi connectivity index (χ1) is 16.5. The van der Waals surface area contributed by atoms with Crippen LogP contribution >= 0.6 is 0 Å². The maximum Gasteiger partial charge on any atom is 0.256 e. The lowest BCUT2D eigenvalue weighted by atomic mass is 9.92. The van der Waals surface area contributed by atoms with E-state index >= 15 is 0 Å². The maximum absolute atomic E-state index is 13.2. The summed E-state index contributed by atoms with van der Waals surface area (Å²) in [7, 11) is -3.66. The van der Waals surface area contributed by atoms with Crippen molar-refractivity contribution in [2.75, 3.05) is 31.6 Å². The summed E-state index contributed by atoms with van der Waals surface area (Å²) in [5, 5.41) is 2.88. The predicted molar refractivity (Wildman–Crippen MR) is 131 cm³/mol. The Balaban J connectivity index is 1.53. The van der Waals surface area contributed by atoms with E-state index < -0.39 is 10.0 Å². The molecule has 1 fully saturated rings. The lowest BCUT2D eigenvalue weighted by Crippen LogP contribution is -2.40. The molecule has 0 bridgehead atoms. The zero-order chi connectivity index (χ0) is 23.7. The number of aryl methyl sites for hydroxylation is 1. The third-order valence-corrected chi connectivity index (χ3v) is 8.89. The van der Waals surface area contributed by atoms with Crippen molar-refractivity contribution < 1.29 is 22.4 Å². The molecule has 1 aliphatic carbocycles. The highest BCUT2D eigenvalue weighted by atomic mass is 32.2. The highest BCUT2D eigenvalue weighted by Crippen LogP contribution is 2.38. The quantitative estimate of drug-likeness (QED) is 0.465. The molecular formula is C26H32N2O5S. The number of ether oxygens (including phenoxy) is 1. The molecule has 2 aliphatic heterocycles. The number of benzene rings is 1. The number of hydrogen-bond acceptors (Lipinski definition) is 5. The number of furan rings is 1. The van der Waals surface area contributed by atoms with Gasteiger partial charge in [0.15, 0.2) is 0 Å². The summed E-state index contributed by atoms with van der Waals surface area (Å²) in [5.74, 6) is 1.57. The smallest absolute Gasteiger partial charge is 0.256 e. The summed E-state index contributed by atoms with van der Waals surface area (Å²) in [5.41, 5.74) is 4.22. The van der Waals surface area contributed by atoms with E-state index in [2.05, 4.69) is 12.2 Å². The molecule has 1 saturated heterocycles. The molecule has 2 aromatic rings. The molecule has 182 valence electrons. The number of hydrogen-bond donors (Lipinski definition) is 1. The molecule has 0 saturated carbocycles. The van der Waals surface area contributed by atoms with Crippen molar-refractivity contribution in [1.29, 1.82) is 0 Å². The van der Waals surface area contributed by atoms with E-state index in [4.69, 9.17) is 9.15 Å². The Morgan fingerprint density at radius 1 is 1.12 bits per heavy atom. The van der Waals surface area contributed by atoms with Crippen molar-refractivity contribution in [3.8, 4) is 0 Å². The Bertz CT molecular complexity index is 1220. The summed E-state index contributed by atoms with van der Waals surface area (Å²) in [6.45, 7) is 3.63. The summed E-state index contributed by atoms with van der Waals surface area (Å²) in [4.78, 5) is 13.1. The van der Waals surface area contributed by atoms with Crippen LogP contribution in [0.15, 0.2) is 27.5 Å². The second-order valence-electron chi connectivity index (χ2n) is 9.25. The van der Waals surface area contributed by atoms with E-state index in [-0.39, 0.29) is 10.8 Å². The van der Waals surface area contributed by atoms with Gasteiger partial charge in [0.2, 0.25) is 10.0 Å². The zero-order valence-electron chi connectivity index (χ0n) is 19.7. The molecule has 7 nitrogen and oxygen atoms in total. The molecule has 1 aromatic carbocycles. The van der Waals surface area contributed by atoms with Gasteiger partial charge in [0.1, 0.15) is 11.5 Å². The van der Waals surface area contributed by atoms with Gasteiger partial charge in [-0.05, 0) is 61.9 Å². The minimum Gasteiger partial charge on any atom is -0.461 e. The van der Waals surface area contributed by atoms with E-state index in [0.717, 1.165) is 62.9 Å². The molecule has 8 heteroatoms. The maximum atomic E-state index is 13.2. The summed E-state index contributed by atoms with van der Waals surface area (Å²) in [6, 6.07) is 4.86. The Morgan fingerprint density at radius 3 is 2.71 bits per heavy atom. The monoisotopic (exact) mass is 484 g/mol. The number of carbonyl (C=O) groups excluding carboxylic acids is 1. The van der Waals surface area contributed by atoms with Gasteiger partial charge in [-0.3, -0.25) is 4.79 Å². The highest BCUT2D eigenvalue weighted by Gasteiger charge is 2.31. The van der Waals surface area contributed by atoms with E-state index in [0.29, 0.717) is 43.1 Å². The van der Waals surface area contributed by atoms with E-state index in [1.54, 1.807) is 18.2 Å². The van der Waals surface area contributed by atoms with Gasteiger partial charge >= 0.3 is 0 Å². The summed E-state index contributed by atoms with van der Waals surface area (Å²) < 4.78 is 39.4. The normalized spacial score (nSPS) is 19.8. The predicted octanol–water partition coefficient (Wildman–Crippen LogP) is 4.40. The van der Waals surface area contributed by atoms with Crippen molar-refractivity contribution >= 4 is 33.3 Å². The average molecular weight is 485 g/mol. The lowest BCUT2D eigenvalue weighted by molar-refractivity contribution is -0.110. The minimum absolute atomic E-state index is 0.192. The van der Waals surface area contributed by atoms with Crippen molar-refractivity contribution in [2.45, 2.75) is 63.2 Å². The number of unbranched alkanes of at least 4 members (excludes halogenated alkanes) is 2. The number of sulfonamides is 1. The van der Waals surface area contributed by atoms with Gasteiger partial charge < -0.3 is 14.5 Å². The van der Waals surface area contributed by atoms with Crippen LogP contribution in [0.25, 0.3) is 11.6 Å². The second kappa shape index (κ2) is 9.68. The van der Waals surface area contributed by atoms with Crippen molar-refractivity contribution in [3.05, 3.63) is 46.4 Å². The van der Waals surface area contributed by atoms with Crippen LogP contribution in [0, 0.1) is 0 Å². The van der Waals surface area contributed by atoms with Crippen LogP contribution in [0.4, 0.5) is 5.69 Å². The van der Waals surface area contributed by atoms with Gasteiger partial charge in [-0.15, -0.1) is 0 Å². The molecule has 0 radical (unpaired) electrons. The number of anilines is 1. The molecule has 3 heterocycles. The van der Waals surface area contributed by atoms with E-state index in [9.17, 15) is 13.2 Å². The number of fused-ring (bicyclic) bond motifs is 2. The van der Waals surface area contributed by atoms with Crippen LogP contribution in [0.2, 0.25) is 0 Å². The molecule has 34 heavy (non-hydrogen) atoms. The van der Waals surface area contributed by atoms with Gasteiger partial charge in [0.25, 0.3) is 5.91 Å². The third-order valence-electron chi connectivity index (χ3n) is 7.00. The molecular weight excluding hydrogens is 452 g/mol. The van der Waals surface area contributed by atoms with Crippen LogP contribution in [-0.4, -0.2) is 44.9 Å². The molecule has 0 unspecified atom stereocenters. The minimum atomic E-state index is -3.66. The highest BCUT2D eigenvalue weighted by molar-refractivity contribution is 7.89. The Hall–Kier alpha value is -2.42. The topological polar surface area (TPSA) is 88.9 Å². The fourth-order valence-electron chi connectivity index (χ4n) is 5.13. The molecule has 0 atom stereocenters. The van der Waals surface area contributed by atoms with E-state index in [1.807, 2.05) is 6.08 Å². The standard InChI is InChI=1S/C26H32N2O5S/c1-2-3-4-7-20-19-8-5-6-9-24(19)33-25(20)17-22-21-16-18(10-11-23(21)27-26(22)29)34(30,31)28-12-14-32-15-13-28/h10-11,16-17H,2-9,12-15H2,1H3,(H,27,29).